The minimum absolute atomic E-state index is 0.125. The van der Waals surface area contributed by atoms with Crippen molar-refractivity contribution in [2.24, 2.45) is 14.1 Å². The number of aryl methyl sites for hydroxylation is 2. The first kappa shape index (κ1) is 15.2. The summed E-state index contributed by atoms with van der Waals surface area (Å²) in [5, 5.41) is 6.33. The molecule has 9 heteroatoms. The van der Waals surface area contributed by atoms with E-state index in [2.05, 4.69) is 22.0 Å². The topological polar surface area (TPSA) is 112 Å². The van der Waals surface area contributed by atoms with E-state index in [9.17, 15) is 19.2 Å². The molecule has 0 saturated carbocycles. The highest BCUT2D eigenvalue weighted by Gasteiger charge is 2.17. The summed E-state index contributed by atoms with van der Waals surface area (Å²) >= 11 is 0. The lowest BCUT2D eigenvalue weighted by atomic mass is 10.2. The van der Waals surface area contributed by atoms with Gasteiger partial charge in [-0.05, 0) is 6.92 Å². The van der Waals surface area contributed by atoms with Crippen molar-refractivity contribution in [1.29, 1.82) is 0 Å². The number of aromatic amines is 1. The summed E-state index contributed by atoms with van der Waals surface area (Å²) in [6, 6.07) is 0. The second-order valence-electron chi connectivity index (χ2n) is 4.45. The predicted molar refractivity (Wildman–Crippen MR) is 78.5 cm³/mol. The van der Waals surface area contributed by atoms with Crippen molar-refractivity contribution in [3.05, 3.63) is 47.6 Å². The lowest BCUT2D eigenvalue weighted by molar-refractivity contribution is 0.587. The molecule has 2 rings (SSSR count). The van der Waals surface area contributed by atoms with Crippen molar-refractivity contribution in [3.63, 3.8) is 0 Å². The third kappa shape index (κ3) is 2.42. The molecule has 9 nitrogen and oxygen atoms in total. The molecule has 0 aromatic carbocycles. The Morgan fingerprint density at radius 1 is 1.18 bits per heavy atom. The van der Waals surface area contributed by atoms with Crippen LogP contribution >= 0.6 is 0 Å². The molecule has 0 radical (unpaired) electrons. The molecule has 0 fully saturated rings. The molecule has 2 aromatic heterocycles. The van der Waals surface area contributed by atoms with Gasteiger partial charge in [0.25, 0.3) is 11.0 Å². The number of H-pyrrole nitrogens is 1. The number of aromatic nitrogens is 5. The third-order valence-electron chi connectivity index (χ3n) is 3.02. The molecule has 0 aliphatic rings. The summed E-state index contributed by atoms with van der Waals surface area (Å²) in [6.45, 7) is 1.45. The van der Waals surface area contributed by atoms with E-state index < -0.39 is 22.2 Å². The van der Waals surface area contributed by atoms with Crippen LogP contribution in [-0.2, 0) is 20.6 Å². The van der Waals surface area contributed by atoms with Gasteiger partial charge < -0.3 is 5.10 Å². The van der Waals surface area contributed by atoms with Crippen molar-refractivity contribution in [2.45, 2.75) is 13.5 Å². The zero-order valence-corrected chi connectivity index (χ0v) is 12.2. The molecule has 1 N–H and O–H groups in total. The maximum atomic E-state index is 12.4. The second kappa shape index (κ2) is 5.69. The van der Waals surface area contributed by atoms with Gasteiger partial charge in [-0.15, -0.1) is 5.92 Å². The Balaban J connectivity index is 2.86. The summed E-state index contributed by atoms with van der Waals surface area (Å²) in [5.41, 5.74) is -3.60. The minimum Gasteiger partial charge on any atom is -0.302 e. The first-order chi connectivity index (χ1) is 10.4. The molecule has 0 bridgehead atoms. The number of nitrogens with one attached hydrogen (secondary N) is 1. The Bertz CT molecular complexity index is 1030. The minimum atomic E-state index is -0.877. The molecule has 0 saturated heterocycles. The van der Waals surface area contributed by atoms with Crippen LogP contribution in [0.1, 0.15) is 6.92 Å². The number of nitrogens with zero attached hydrogens (tertiary/aromatic N) is 4. The highest BCUT2D eigenvalue weighted by molar-refractivity contribution is 5.55. The van der Waals surface area contributed by atoms with Gasteiger partial charge >= 0.3 is 11.2 Å². The van der Waals surface area contributed by atoms with Gasteiger partial charge in [0.05, 0.1) is 12.1 Å². The van der Waals surface area contributed by atoms with Crippen molar-refractivity contribution < 1.29 is 0 Å². The summed E-state index contributed by atoms with van der Waals surface area (Å²) in [7, 11) is 2.72. The standard InChI is InChI=1S/C13H13N5O4/c1-4-5-6-18-11(20)9(15-17(3)13(18)22)8-7-14-16(2)12(21)10(8)19/h7,14H,6H2,1-3H3. The molecule has 22 heavy (non-hydrogen) atoms. The lowest BCUT2D eigenvalue weighted by Crippen LogP contribution is -2.43. The Morgan fingerprint density at radius 3 is 2.50 bits per heavy atom. The van der Waals surface area contributed by atoms with Gasteiger partial charge in [-0.1, -0.05) is 5.92 Å². The summed E-state index contributed by atoms with van der Waals surface area (Å²) in [5.74, 6) is 5.19. The normalized spacial score (nSPS) is 10.1. The maximum Gasteiger partial charge on any atom is 0.348 e. The fourth-order valence-electron chi connectivity index (χ4n) is 1.82. The van der Waals surface area contributed by atoms with Crippen molar-refractivity contribution >= 4 is 0 Å². The highest BCUT2D eigenvalue weighted by atomic mass is 16.2. The molecular weight excluding hydrogens is 290 g/mol. The summed E-state index contributed by atoms with van der Waals surface area (Å²) < 4.78 is 2.76. The number of hydrogen-bond donors (Lipinski definition) is 1. The van der Waals surface area contributed by atoms with Gasteiger partial charge in [0.2, 0.25) is 0 Å². The molecule has 0 unspecified atom stereocenters. The van der Waals surface area contributed by atoms with E-state index in [-0.39, 0.29) is 17.8 Å². The SMILES string of the molecule is CC#CCn1c(=O)c(-c2c[nH]n(C)c(=O)c2=O)nn(C)c1=O. The van der Waals surface area contributed by atoms with E-state index in [1.54, 1.807) is 6.92 Å². The zero-order valence-electron chi connectivity index (χ0n) is 12.2. The van der Waals surface area contributed by atoms with Crippen LogP contribution in [0.2, 0.25) is 0 Å². The second-order valence-corrected chi connectivity index (χ2v) is 4.45. The van der Waals surface area contributed by atoms with Crippen molar-refractivity contribution in [1.82, 2.24) is 24.1 Å². The van der Waals surface area contributed by atoms with E-state index in [1.165, 1.54) is 20.3 Å². The van der Waals surface area contributed by atoms with E-state index in [1.807, 2.05) is 0 Å². The van der Waals surface area contributed by atoms with Crippen LogP contribution in [0.4, 0.5) is 0 Å². The van der Waals surface area contributed by atoms with Crippen LogP contribution in [0.25, 0.3) is 11.3 Å². The fraction of sp³-hybridized carbons (Fsp3) is 0.308. The van der Waals surface area contributed by atoms with Crippen molar-refractivity contribution in [2.75, 3.05) is 0 Å². The molecular formula is C13H13N5O4. The first-order valence-corrected chi connectivity index (χ1v) is 6.25. The zero-order chi connectivity index (χ0) is 16.4. The molecule has 0 amide bonds. The lowest BCUT2D eigenvalue weighted by Gasteiger charge is -2.07. The summed E-state index contributed by atoms with van der Waals surface area (Å²) in [4.78, 5) is 48.0. The highest BCUT2D eigenvalue weighted by Crippen LogP contribution is 2.01. The molecule has 114 valence electrons. The van der Waals surface area contributed by atoms with Crippen LogP contribution in [0.5, 0.6) is 0 Å². The van der Waals surface area contributed by atoms with Gasteiger partial charge in [0, 0.05) is 20.3 Å². The third-order valence-corrected chi connectivity index (χ3v) is 3.02. The van der Waals surface area contributed by atoms with Crippen LogP contribution in [0.3, 0.4) is 0 Å². The van der Waals surface area contributed by atoms with E-state index in [0.717, 1.165) is 13.9 Å². The van der Waals surface area contributed by atoms with Crippen LogP contribution in [0.15, 0.2) is 25.4 Å². The molecule has 0 spiro atoms. The van der Waals surface area contributed by atoms with Gasteiger partial charge in [0.1, 0.15) is 0 Å². The Hall–Kier alpha value is -3.15. The number of hydrogen-bond acceptors (Lipinski definition) is 5. The monoisotopic (exact) mass is 303 g/mol. The Labute approximate surface area is 123 Å². The van der Waals surface area contributed by atoms with E-state index in [4.69, 9.17) is 0 Å². The van der Waals surface area contributed by atoms with Crippen LogP contribution in [-0.4, -0.2) is 24.1 Å². The smallest absolute Gasteiger partial charge is 0.302 e. The van der Waals surface area contributed by atoms with Crippen LogP contribution in [0, 0.1) is 11.8 Å². The molecule has 2 heterocycles. The molecule has 0 atom stereocenters. The molecule has 2 aromatic rings. The molecule has 0 aliphatic heterocycles. The van der Waals surface area contributed by atoms with E-state index in [0.29, 0.717) is 0 Å². The van der Waals surface area contributed by atoms with Gasteiger partial charge in [0.15, 0.2) is 5.69 Å². The maximum absolute atomic E-state index is 12.4. The van der Waals surface area contributed by atoms with Crippen molar-refractivity contribution in [3.8, 4) is 23.1 Å². The average molecular weight is 303 g/mol. The molecule has 0 aliphatic carbocycles. The first-order valence-electron chi connectivity index (χ1n) is 6.25. The quantitative estimate of drug-likeness (QED) is 0.510. The fourth-order valence-corrected chi connectivity index (χ4v) is 1.82. The number of rotatable bonds is 2. The largest absolute Gasteiger partial charge is 0.348 e. The van der Waals surface area contributed by atoms with Gasteiger partial charge in [-0.3, -0.25) is 19.1 Å². The van der Waals surface area contributed by atoms with Gasteiger partial charge in [-0.2, -0.15) is 5.10 Å². The Kier molecular flexibility index (Phi) is 3.94. The average Bonchev–Trinajstić information content (AvgIpc) is 2.49. The Morgan fingerprint density at radius 2 is 1.86 bits per heavy atom. The van der Waals surface area contributed by atoms with E-state index >= 15 is 0 Å². The van der Waals surface area contributed by atoms with Crippen LogP contribution < -0.4 is 22.2 Å². The summed E-state index contributed by atoms with van der Waals surface area (Å²) in [6.07, 6.45) is 1.20. The van der Waals surface area contributed by atoms with Gasteiger partial charge in [-0.25, -0.2) is 14.0 Å². The predicted octanol–water partition coefficient (Wildman–Crippen LogP) is -1.98.